The minimum atomic E-state index is -2.80. The molecule has 0 bridgehead atoms. The van der Waals surface area contributed by atoms with Crippen LogP contribution in [0.1, 0.15) is 31.9 Å². The first-order valence-electron chi connectivity index (χ1n) is 17.0. The molecule has 0 fully saturated rings. The summed E-state index contributed by atoms with van der Waals surface area (Å²) in [5, 5.41) is 19.0. The number of amides is 1. The number of rotatable bonds is 13. The lowest BCUT2D eigenvalue weighted by Gasteiger charge is -2.43. The molecular weight excluding hydrogens is 685 g/mol. The van der Waals surface area contributed by atoms with Gasteiger partial charge in [0.1, 0.15) is 23.6 Å². The molecule has 0 radical (unpaired) electrons. The second kappa shape index (κ2) is 16.0. The van der Waals surface area contributed by atoms with Crippen LogP contribution in [-0.4, -0.2) is 64.9 Å². The van der Waals surface area contributed by atoms with Crippen molar-refractivity contribution in [3.8, 4) is 17.6 Å². The van der Waals surface area contributed by atoms with Crippen molar-refractivity contribution in [2.24, 2.45) is 0 Å². The van der Waals surface area contributed by atoms with Gasteiger partial charge in [-0.2, -0.15) is 10.4 Å². The van der Waals surface area contributed by atoms with Crippen LogP contribution in [0.2, 0.25) is 5.04 Å². The zero-order valence-electron chi connectivity index (χ0n) is 29.9. The predicted molar refractivity (Wildman–Crippen MR) is 204 cm³/mol. The summed E-state index contributed by atoms with van der Waals surface area (Å²) < 4.78 is 21.0. The van der Waals surface area contributed by atoms with Gasteiger partial charge in [0, 0.05) is 6.20 Å². The highest BCUT2D eigenvalue weighted by Crippen LogP contribution is 2.36. The second-order valence-electron chi connectivity index (χ2n) is 13.3. The van der Waals surface area contributed by atoms with Crippen LogP contribution in [0.15, 0.2) is 110 Å². The molecule has 0 aliphatic heterocycles. The third kappa shape index (κ3) is 7.83. The third-order valence-electron chi connectivity index (χ3n) is 8.80. The molecule has 3 aromatic carbocycles. The van der Waals surface area contributed by atoms with Crippen LogP contribution in [0.3, 0.4) is 0 Å². The van der Waals surface area contributed by atoms with E-state index >= 15 is 0 Å². The normalized spacial score (nSPS) is 12.1. The fourth-order valence-corrected chi connectivity index (χ4v) is 10.8. The standard InChI is InChI=1S/C40H38N8O4Si/c1-28-16-18-30(42-5)22-34(28)48-37-33(25-46-48)39(45-27-44-37)52-35(38(49)47-36-19-17-29(23-41)24-43-36)26-50-20-21-51-53(40(2,3)4,31-12-8-6-9-13-31)32-14-10-7-11-15-32/h6-19,22,24-25,27,35H,20-21,26H2,1-4H3,(H,43,47,49)/t35-/m0/s1. The lowest BCUT2D eigenvalue weighted by Crippen LogP contribution is -2.66. The topological polar surface area (TPSA) is 141 Å². The van der Waals surface area contributed by atoms with Gasteiger partial charge >= 0.3 is 0 Å². The maximum Gasteiger partial charge on any atom is 0.269 e. The summed E-state index contributed by atoms with van der Waals surface area (Å²) in [6.45, 7) is 16.3. The predicted octanol–water partition coefficient (Wildman–Crippen LogP) is 5.92. The molecular formula is C40H38N8O4Si. The summed E-state index contributed by atoms with van der Waals surface area (Å²) in [6, 6.07) is 31.1. The number of benzene rings is 3. The van der Waals surface area contributed by atoms with Gasteiger partial charge in [-0.25, -0.2) is 24.5 Å². The fourth-order valence-electron chi connectivity index (χ4n) is 6.23. The van der Waals surface area contributed by atoms with Gasteiger partial charge in [-0.05, 0) is 46.1 Å². The number of fused-ring (bicyclic) bond motifs is 1. The molecule has 0 aliphatic carbocycles. The van der Waals surface area contributed by atoms with Crippen LogP contribution in [0.4, 0.5) is 11.5 Å². The van der Waals surface area contributed by atoms with Crippen molar-refractivity contribution in [3.63, 3.8) is 0 Å². The first-order chi connectivity index (χ1) is 25.6. The molecule has 53 heavy (non-hydrogen) atoms. The van der Waals surface area contributed by atoms with E-state index in [-0.39, 0.29) is 36.6 Å². The summed E-state index contributed by atoms with van der Waals surface area (Å²) >= 11 is 0. The lowest BCUT2D eigenvalue weighted by atomic mass is 10.2. The Bertz CT molecular complexity index is 2240. The Morgan fingerprint density at radius 3 is 2.30 bits per heavy atom. The number of hydrogen-bond donors (Lipinski definition) is 1. The monoisotopic (exact) mass is 722 g/mol. The molecule has 3 aromatic heterocycles. The van der Waals surface area contributed by atoms with E-state index < -0.39 is 20.3 Å². The van der Waals surface area contributed by atoms with Crippen LogP contribution < -0.4 is 20.4 Å². The number of nitrogens with one attached hydrogen (secondary N) is 1. The summed E-state index contributed by atoms with van der Waals surface area (Å²) in [5.41, 5.74) is 2.84. The highest BCUT2D eigenvalue weighted by Gasteiger charge is 2.50. The molecule has 13 heteroatoms. The van der Waals surface area contributed by atoms with E-state index in [0.29, 0.717) is 28.0 Å². The molecule has 1 atom stereocenters. The molecule has 0 unspecified atom stereocenters. The Morgan fingerprint density at radius 2 is 1.68 bits per heavy atom. The van der Waals surface area contributed by atoms with Crippen LogP contribution >= 0.6 is 0 Å². The molecule has 6 rings (SSSR count). The van der Waals surface area contributed by atoms with E-state index in [1.165, 1.54) is 12.5 Å². The Hall–Kier alpha value is -6.25. The van der Waals surface area contributed by atoms with Gasteiger partial charge in [-0.15, -0.1) is 0 Å². The zero-order chi connectivity index (χ0) is 37.4. The molecule has 0 saturated carbocycles. The van der Waals surface area contributed by atoms with Gasteiger partial charge in [0.05, 0.1) is 43.8 Å². The van der Waals surface area contributed by atoms with Crippen LogP contribution in [0.5, 0.6) is 5.88 Å². The van der Waals surface area contributed by atoms with Gasteiger partial charge in [0.25, 0.3) is 14.2 Å². The van der Waals surface area contributed by atoms with E-state index in [4.69, 9.17) is 20.5 Å². The summed E-state index contributed by atoms with van der Waals surface area (Å²) in [4.78, 5) is 30.3. The minimum absolute atomic E-state index is 0.125. The maximum absolute atomic E-state index is 13.7. The van der Waals surface area contributed by atoms with Crippen LogP contribution in [0.25, 0.3) is 21.6 Å². The quantitative estimate of drug-likeness (QED) is 0.0874. The SMILES string of the molecule is [C-]#[N+]c1ccc(C)c(-n2ncc3c(O[C@@H](COCCO[Si](c4ccccc4)(c4ccccc4)C(C)(C)C)C(=O)Nc4ccc(C#N)cn4)ncnc32)c1. The summed E-state index contributed by atoms with van der Waals surface area (Å²) in [7, 11) is -2.80. The number of ether oxygens (including phenoxy) is 2. The van der Waals surface area contributed by atoms with Crippen molar-refractivity contribution in [2.75, 3.05) is 25.1 Å². The highest BCUT2D eigenvalue weighted by atomic mass is 28.4. The molecule has 6 aromatic rings. The molecule has 0 spiro atoms. The number of carbonyl (C=O) groups excluding carboxylic acids is 1. The molecule has 1 N–H and O–H groups in total. The number of carbonyl (C=O) groups is 1. The van der Waals surface area contributed by atoms with Crippen molar-refractivity contribution in [1.82, 2.24) is 24.7 Å². The Kier molecular flexibility index (Phi) is 11.0. The van der Waals surface area contributed by atoms with E-state index in [1.54, 1.807) is 35.1 Å². The van der Waals surface area contributed by atoms with Crippen LogP contribution in [0, 0.1) is 24.8 Å². The van der Waals surface area contributed by atoms with Gasteiger partial charge in [-0.3, -0.25) is 4.79 Å². The lowest BCUT2D eigenvalue weighted by molar-refractivity contribution is -0.125. The van der Waals surface area contributed by atoms with Crippen molar-refractivity contribution in [2.45, 2.75) is 38.8 Å². The molecule has 3 heterocycles. The summed E-state index contributed by atoms with van der Waals surface area (Å²) in [6.07, 6.45) is 3.09. The molecule has 1 amide bonds. The first kappa shape index (κ1) is 36.5. The van der Waals surface area contributed by atoms with E-state index in [0.717, 1.165) is 15.9 Å². The van der Waals surface area contributed by atoms with Gasteiger partial charge in [-0.1, -0.05) is 93.6 Å². The number of anilines is 1. The van der Waals surface area contributed by atoms with Gasteiger partial charge < -0.3 is 19.2 Å². The number of aromatic nitrogens is 5. The van der Waals surface area contributed by atoms with E-state index in [9.17, 15) is 10.1 Å². The third-order valence-corrected chi connectivity index (χ3v) is 13.8. The van der Waals surface area contributed by atoms with E-state index in [1.807, 2.05) is 55.5 Å². The van der Waals surface area contributed by atoms with Crippen molar-refractivity contribution < 1.29 is 18.7 Å². The summed E-state index contributed by atoms with van der Waals surface area (Å²) in [5.74, 6) is -0.163. The zero-order valence-corrected chi connectivity index (χ0v) is 30.9. The van der Waals surface area contributed by atoms with Gasteiger partial charge in [0.2, 0.25) is 12.0 Å². The van der Waals surface area contributed by atoms with Crippen molar-refractivity contribution >= 4 is 47.1 Å². The minimum Gasteiger partial charge on any atom is -0.461 e. The fraction of sp³-hybridized carbons (Fsp3) is 0.225. The second-order valence-corrected chi connectivity index (χ2v) is 17.6. The number of pyridine rings is 1. The number of aryl methyl sites for hydroxylation is 1. The van der Waals surface area contributed by atoms with E-state index in [2.05, 4.69) is 75.2 Å². The average molecular weight is 723 g/mol. The van der Waals surface area contributed by atoms with Gasteiger partial charge in [0.15, 0.2) is 11.3 Å². The van der Waals surface area contributed by atoms with Crippen molar-refractivity contribution in [3.05, 3.63) is 132 Å². The molecule has 0 saturated heterocycles. The molecule has 12 nitrogen and oxygen atoms in total. The number of hydrogen-bond acceptors (Lipinski definition) is 9. The highest BCUT2D eigenvalue weighted by molar-refractivity contribution is 6.99. The Labute approximate surface area is 309 Å². The maximum atomic E-state index is 13.7. The number of nitrogens with zero attached hydrogens (tertiary/aromatic N) is 7. The molecule has 0 aliphatic rings. The van der Waals surface area contributed by atoms with Crippen molar-refractivity contribution in [1.29, 1.82) is 5.26 Å². The first-order valence-corrected chi connectivity index (χ1v) is 18.9. The smallest absolute Gasteiger partial charge is 0.269 e. The average Bonchev–Trinajstić information content (AvgIpc) is 3.61. The Morgan fingerprint density at radius 1 is 0.962 bits per heavy atom. The number of nitriles is 1. The largest absolute Gasteiger partial charge is 0.461 e. The molecule has 266 valence electrons. The van der Waals surface area contributed by atoms with Crippen LogP contribution in [-0.2, 0) is 14.0 Å². The Balaban J connectivity index is 1.24.